The van der Waals surface area contributed by atoms with Crippen molar-refractivity contribution >= 4 is 17.4 Å². The molecule has 0 aliphatic carbocycles. The molecule has 158 valence electrons. The van der Waals surface area contributed by atoms with Crippen LogP contribution >= 0.6 is 11.8 Å². The second-order valence-corrected chi connectivity index (χ2v) is 7.77. The first kappa shape index (κ1) is 21.9. The highest BCUT2D eigenvalue weighted by Crippen LogP contribution is 2.39. The largest absolute Gasteiger partial charge is 0.411 e. The molecule has 8 nitrogen and oxygen atoms in total. The third-order valence-corrected chi connectivity index (χ3v) is 5.91. The van der Waals surface area contributed by atoms with Crippen LogP contribution in [-0.4, -0.2) is 29.3 Å². The van der Waals surface area contributed by atoms with Gasteiger partial charge in [0.15, 0.2) is 6.29 Å². The molecule has 0 fully saturated rings. The highest BCUT2D eigenvalue weighted by atomic mass is 32.2. The molecule has 0 saturated carbocycles. The number of methoxy groups -OCH3 is 2. The topological polar surface area (TPSA) is 101 Å². The summed E-state index contributed by atoms with van der Waals surface area (Å²) < 4.78 is 16.5. The van der Waals surface area contributed by atoms with E-state index < -0.39 is 11.2 Å². The van der Waals surface area contributed by atoms with Crippen molar-refractivity contribution in [2.75, 3.05) is 14.2 Å². The van der Waals surface area contributed by atoms with Crippen LogP contribution in [0.25, 0.3) is 11.5 Å². The number of nitrogens with zero attached hydrogens (tertiary/aromatic N) is 3. The second-order valence-electron chi connectivity index (χ2n) is 6.62. The lowest BCUT2D eigenvalue weighted by atomic mass is 10.0. The Balaban J connectivity index is 1.80. The van der Waals surface area contributed by atoms with Crippen molar-refractivity contribution in [1.82, 2.24) is 10.2 Å². The zero-order valence-electron chi connectivity index (χ0n) is 17.2. The summed E-state index contributed by atoms with van der Waals surface area (Å²) in [6, 6.07) is 12.4. The number of nitro groups is 1. The average Bonchev–Trinajstić information content (AvgIpc) is 3.21. The van der Waals surface area contributed by atoms with Gasteiger partial charge in [-0.25, -0.2) is 0 Å². The molecule has 0 saturated heterocycles. The van der Waals surface area contributed by atoms with E-state index >= 15 is 0 Å². The number of nitro benzene ring substituents is 1. The first-order valence-corrected chi connectivity index (χ1v) is 10.3. The molecule has 1 atom stereocenters. The number of hydrogen-bond acceptors (Lipinski definition) is 8. The quantitative estimate of drug-likeness (QED) is 0.190. The number of aromatic nitrogens is 2. The molecule has 3 aromatic rings. The molecular weight excluding hydrogens is 406 g/mol. The summed E-state index contributed by atoms with van der Waals surface area (Å²) in [4.78, 5) is 10.7. The van der Waals surface area contributed by atoms with Gasteiger partial charge < -0.3 is 13.9 Å². The van der Waals surface area contributed by atoms with Crippen LogP contribution in [0, 0.1) is 17.0 Å². The molecule has 3 rings (SSSR count). The van der Waals surface area contributed by atoms with Crippen LogP contribution in [0.5, 0.6) is 0 Å². The van der Waals surface area contributed by atoms with Gasteiger partial charge in [0.2, 0.25) is 5.89 Å². The third-order valence-electron chi connectivity index (χ3n) is 4.65. The number of non-ortho nitro benzene ring substituents is 1. The molecule has 1 unspecified atom stereocenters. The average molecular weight is 429 g/mol. The van der Waals surface area contributed by atoms with Crippen LogP contribution in [0.2, 0.25) is 0 Å². The molecule has 1 heterocycles. The van der Waals surface area contributed by atoms with Gasteiger partial charge >= 0.3 is 0 Å². The van der Waals surface area contributed by atoms with Crippen LogP contribution in [0.1, 0.15) is 41.6 Å². The minimum atomic E-state index is -0.438. The van der Waals surface area contributed by atoms with Crippen molar-refractivity contribution in [3.05, 3.63) is 69.3 Å². The number of rotatable bonds is 9. The second kappa shape index (κ2) is 9.84. The molecule has 0 aliphatic rings. The summed E-state index contributed by atoms with van der Waals surface area (Å²) in [6.45, 7) is 3.97. The maximum atomic E-state index is 11.1. The Morgan fingerprint density at radius 1 is 1.13 bits per heavy atom. The van der Waals surface area contributed by atoms with Crippen molar-refractivity contribution in [2.24, 2.45) is 0 Å². The normalized spacial score (nSPS) is 12.3. The lowest BCUT2D eigenvalue weighted by Gasteiger charge is -2.15. The van der Waals surface area contributed by atoms with E-state index in [1.54, 1.807) is 26.4 Å². The van der Waals surface area contributed by atoms with Gasteiger partial charge in [-0.2, -0.15) is 0 Å². The third kappa shape index (κ3) is 4.86. The van der Waals surface area contributed by atoms with E-state index in [4.69, 9.17) is 13.9 Å². The smallest absolute Gasteiger partial charge is 0.277 e. The number of benzene rings is 2. The van der Waals surface area contributed by atoms with E-state index in [0.717, 1.165) is 28.7 Å². The molecule has 0 aliphatic heterocycles. The van der Waals surface area contributed by atoms with Gasteiger partial charge in [0.25, 0.3) is 10.9 Å². The van der Waals surface area contributed by atoms with Crippen LogP contribution in [-0.2, 0) is 9.47 Å². The van der Waals surface area contributed by atoms with E-state index in [1.807, 2.05) is 38.1 Å². The van der Waals surface area contributed by atoms with Crippen molar-refractivity contribution in [1.29, 1.82) is 0 Å². The zero-order chi connectivity index (χ0) is 21.7. The maximum absolute atomic E-state index is 11.1. The Kier molecular flexibility index (Phi) is 7.20. The molecule has 1 aromatic heterocycles. The van der Waals surface area contributed by atoms with Gasteiger partial charge in [0, 0.05) is 42.7 Å². The fraction of sp³-hybridized carbons (Fsp3) is 0.333. The highest BCUT2D eigenvalue weighted by Gasteiger charge is 2.20. The number of ether oxygens (including phenoxy) is 2. The fourth-order valence-corrected chi connectivity index (χ4v) is 4.06. The predicted molar refractivity (Wildman–Crippen MR) is 113 cm³/mol. The van der Waals surface area contributed by atoms with Crippen LogP contribution in [0.15, 0.2) is 52.1 Å². The van der Waals surface area contributed by atoms with Gasteiger partial charge in [-0.1, -0.05) is 43.0 Å². The van der Waals surface area contributed by atoms with Crippen molar-refractivity contribution in [3.8, 4) is 11.5 Å². The fourth-order valence-electron chi connectivity index (χ4n) is 3.16. The molecular formula is C21H23N3O5S. The molecule has 0 spiro atoms. The number of thioether (sulfide) groups is 1. The number of aryl methyl sites for hydroxylation is 1. The van der Waals surface area contributed by atoms with Crippen LogP contribution < -0.4 is 0 Å². The van der Waals surface area contributed by atoms with Crippen molar-refractivity contribution in [3.63, 3.8) is 0 Å². The minimum Gasteiger partial charge on any atom is -0.411 e. The summed E-state index contributed by atoms with van der Waals surface area (Å²) >= 11 is 1.40. The van der Waals surface area contributed by atoms with Crippen LogP contribution in [0.3, 0.4) is 0 Å². The van der Waals surface area contributed by atoms with Gasteiger partial charge in [0.1, 0.15) is 0 Å². The molecule has 0 amide bonds. The Hall–Kier alpha value is -2.75. The standard InChI is InChI=1S/C21H23N3O5S/c1-5-18(14-7-6-8-16(12-14)24(25)26)30-21-23-22-19(29-21)17-10-9-15(11-13(17)2)20(27-3)28-4/h6-12,18,20H,5H2,1-4H3. The van der Waals surface area contributed by atoms with Crippen molar-refractivity contribution < 1.29 is 18.8 Å². The molecule has 30 heavy (non-hydrogen) atoms. The molecule has 9 heteroatoms. The van der Waals surface area contributed by atoms with Gasteiger partial charge in [-0.15, -0.1) is 10.2 Å². The van der Waals surface area contributed by atoms with Gasteiger partial charge in [-0.05, 0) is 30.5 Å². The monoisotopic (exact) mass is 429 g/mol. The Morgan fingerprint density at radius 3 is 2.53 bits per heavy atom. The van der Waals surface area contributed by atoms with Gasteiger partial charge in [0.05, 0.1) is 4.92 Å². The number of hydrogen-bond donors (Lipinski definition) is 0. The molecule has 0 radical (unpaired) electrons. The lowest BCUT2D eigenvalue weighted by Crippen LogP contribution is -2.04. The summed E-state index contributed by atoms with van der Waals surface area (Å²) in [6.07, 6.45) is 0.318. The summed E-state index contributed by atoms with van der Waals surface area (Å²) in [5.41, 5.74) is 3.60. The molecule has 0 bridgehead atoms. The Bertz CT molecular complexity index is 1020. The van der Waals surface area contributed by atoms with E-state index in [9.17, 15) is 10.1 Å². The summed E-state index contributed by atoms with van der Waals surface area (Å²) in [7, 11) is 3.18. The highest BCUT2D eigenvalue weighted by molar-refractivity contribution is 7.99. The SMILES string of the molecule is CCC(Sc1nnc(-c2ccc(C(OC)OC)cc2C)o1)c1cccc([N+](=O)[O-])c1. The predicted octanol–water partition coefficient (Wildman–Crippen LogP) is 5.49. The lowest BCUT2D eigenvalue weighted by molar-refractivity contribution is -0.384. The Labute approximate surface area is 178 Å². The van der Waals surface area contributed by atoms with Crippen LogP contribution in [0.4, 0.5) is 5.69 Å². The summed E-state index contributed by atoms with van der Waals surface area (Å²) in [5.74, 6) is 0.418. The van der Waals surface area contributed by atoms with E-state index in [0.29, 0.717) is 11.1 Å². The van der Waals surface area contributed by atoms with E-state index in [2.05, 4.69) is 10.2 Å². The van der Waals surface area contributed by atoms with E-state index in [-0.39, 0.29) is 10.9 Å². The minimum absolute atomic E-state index is 0.0363. The maximum Gasteiger partial charge on any atom is 0.277 e. The Morgan fingerprint density at radius 2 is 1.90 bits per heavy atom. The van der Waals surface area contributed by atoms with Crippen molar-refractivity contribution in [2.45, 2.75) is 37.0 Å². The van der Waals surface area contributed by atoms with E-state index in [1.165, 1.54) is 17.8 Å². The zero-order valence-corrected chi connectivity index (χ0v) is 18.0. The first-order chi connectivity index (χ1) is 14.5. The van der Waals surface area contributed by atoms with Gasteiger partial charge in [-0.3, -0.25) is 10.1 Å². The summed E-state index contributed by atoms with van der Waals surface area (Å²) in [5, 5.41) is 19.8. The molecule has 2 aromatic carbocycles. The first-order valence-electron chi connectivity index (χ1n) is 9.37. The molecule has 0 N–H and O–H groups in total.